The molecular formula is C10H9Br2FO. The van der Waals surface area contributed by atoms with Crippen molar-refractivity contribution < 1.29 is 9.13 Å². The van der Waals surface area contributed by atoms with Crippen molar-refractivity contribution in [2.75, 3.05) is 5.33 Å². The molecule has 2 rings (SSSR count). The van der Waals surface area contributed by atoms with E-state index in [1.54, 1.807) is 6.07 Å². The van der Waals surface area contributed by atoms with E-state index in [1.165, 1.54) is 12.1 Å². The molecule has 1 aliphatic rings. The summed E-state index contributed by atoms with van der Waals surface area (Å²) < 4.78 is 19.5. The second-order valence-corrected chi connectivity index (χ2v) is 4.91. The van der Waals surface area contributed by atoms with Crippen molar-refractivity contribution in [2.45, 2.75) is 18.4 Å². The van der Waals surface area contributed by atoms with Crippen LogP contribution < -0.4 is 4.74 Å². The molecule has 1 aliphatic carbocycles. The normalized spacial score (nSPS) is 17.9. The molecule has 76 valence electrons. The van der Waals surface area contributed by atoms with Crippen LogP contribution in [0, 0.1) is 5.82 Å². The number of hydrogen-bond donors (Lipinski definition) is 0. The molecule has 1 fully saturated rings. The van der Waals surface area contributed by atoms with Gasteiger partial charge in [0.1, 0.15) is 17.2 Å². The summed E-state index contributed by atoms with van der Waals surface area (Å²) in [6, 6.07) is 4.48. The molecular weight excluding hydrogens is 315 g/mol. The minimum absolute atomic E-state index is 0.101. The molecule has 14 heavy (non-hydrogen) atoms. The van der Waals surface area contributed by atoms with E-state index in [0.29, 0.717) is 5.75 Å². The third kappa shape index (κ3) is 2.11. The first-order valence-corrected chi connectivity index (χ1v) is 6.27. The number of alkyl halides is 1. The number of hydrogen-bond acceptors (Lipinski definition) is 1. The molecule has 0 aliphatic heterocycles. The Balaban J connectivity index is 2.20. The van der Waals surface area contributed by atoms with Crippen molar-refractivity contribution in [3.63, 3.8) is 0 Å². The van der Waals surface area contributed by atoms with Crippen molar-refractivity contribution in [3.05, 3.63) is 28.5 Å². The first-order chi connectivity index (χ1) is 6.65. The second-order valence-electron chi connectivity index (χ2n) is 3.49. The zero-order chi connectivity index (χ0) is 10.2. The summed E-state index contributed by atoms with van der Waals surface area (Å²) in [5.74, 6) is 0.315. The number of ether oxygens (including phenoxy) is 1. The Morgan fingerprint density at radius 1 is 1.43 bits per heavy atom. The Bertz CT molecular complexity index is 350. The highest BCUT2D eigenvalue weighted by Gasteiger charge is 2.44. The van der Waals surface area contributed by atoms with Gasteiger partial charge in [0.25, 0.3) is 0 Å². The lowest BCUT2D eigenvalue weighted by Crippen LogP contribution is -2.19. The molecule has 0 spiro atoms. The third-order valence-corrected chi connectivity index (χ3v) is 3.95. The molecule has 0 amide bonds. The van der Waals surface area contributed by atoms with Crippen LogP contribution in [-0.4, -0.2) is 10.9 Å². The highest BCUT2D eigenvalue weighted by Crippen LogP contribution is 2.43. The fourth-order valence-corrected chi connectivity index (χ4v) is 2.19. The van der Waals surface area contributed by atoms with Gasteiger partial charge in [0.2, 0.25) is 0 Å². The van der Waals surface area contributed by atoms with Gasteiger partial charge in [-0.2, -0.15) is 0 Å². The minimum Gasteiger partial charge on any atom is -0.485 e. The van der Waals surface area contributed by atoms with Crippen LogP contribution in [0.1, 0.15) is 12.8 Å². The molecule has 1 saturated carbocycles. The highest BCUT2D eigenvalue weighted by molar-refractivity contribution is 9.10. The number of rotatable bonds is 3. The molecule has 0 bridgehead atoms. The largest absolute Gasteiger partial charge is 0.485 e. The van der Waals surface area contributed by atoms with Gasteiger partial charge < -0.3 is 4.74 Å². The van der Waals surface area contributed by atoms with Crippen LogP contribution in [0.15, 0.2) is 22.7 Å². The van der Waals surface area contributed by atoms with Gasteiger partial charge in [-0.25, -0.2) is 4.39 Å². The van der Waals surface area contributed by atoms with Crippen molar-refractivity contribution in [1.82, 2.24) is 0 Å². The van der Waals surface area contributed by atoms with E-state index in [9.17, 15) is 4.39 Å². The Labute approximate surface area is 98.9 Å². The van der Waals surface area contributed by atoms with E-state index in [2.05, 4.69) is 31.9 Å². The van der Waals surface area contributed by atoms with Crippen LogP contribution >= 0.6 is 31.9 Å². The molecule has 0 saturated heterocycles. The van der Waals surface area contributed by atoms with Crippen molar-refractivity contribution >= 4 is 31.9 Å². The Kier molecular flexibility index (Phi) is 2.84. The van der Waals surface area contributed by atoms with Gasteiger partial charge in [-0.05, 0) is 40.9 Å². The Morgan fingerprint density at radius 2 is 2.14 bits per heavy atom. The zero-order valence-corrected chi connectivity index (χ0v) is 10.6. The van der Waals surface area contributed by atoms with Crippen molar-refractivity contribution in [3.8, 4) is 5.75 Å². The summed E-state index contributed by atoms with van der Waals surface area (Å²) in [7, 11) is 0. The maximum Gasteiger partial charge on any atom is 0.137 e. The number of halogens is 3. The van der Waals surface area contributed by atoms with Gasteiger partial charge in [0.15, 0.2) is 0 Å². The molecule has 4 heteroatoms. The summed E-state index contributed by atoms with van der Waals surface area (Å²) in [5, 5.41) is 0.795. The predicted molar refractivity (Wildman–Crippen MR) is 60.5 cm³/mol. The predicted octanol–water partition coefficient (Wildman–Crippen LogP) is 3.89. The first-order valence-electron chi connectivity index (χ1n) is 4.35. The van der Waals surface area contributed by atoms with E-state index < -0.39 is 0 Å². The zero-order valence-electron chi connectivity index (χ0n) is 7.40. The average molecular weight is 324 g/mol. The van der Waals surface area contributed by atoms with E-state index >= 15 is 0 Å². The second kappa shape index (κ2) is 3.81. The molecule has 0 N–H and O–H groups in total. The van der Waals surface area contributed by atoms with Crippen LogP contribution in [-0.2, 0) is 0 Å². The molecule has 1 aromatic rings. The summed E-state index contributed by atoms with van der Waals surface area (Å²) in [4.78, 5) is 0. The number of benzene rings is 1. The van der Waals surface area contributed by atoms with Crippen LogP contribution in [0.2, 0.25) is 0 Å². The molecule has 1 aromatic carbocycles. The Morgan fingerprint density at radius 3 is 2.71 bits per heavy atom. The topological polar surface area (TPSA) is 9.23 Å². The van der Waals surface area contributed by atoms with E-state index in [4.69, 9.17) is 4.74 Å². The lowest BCUT2D eigenvalue weighted by Gasteiger charge is -2.16. The Hall–Kier alpha value is -0.0900. The van der Waals surface area contributed by atoms with Crippen molar-refractivity contribution in [2.24, 2.45) is 0 Å². The summed E-state index contributed by atoms with van der Waals surface area (Å²) in [6.07, 6.45) is 2.06. The fourth-order valence-electron chi connectivity index (χ4n) is 1.19. The molecule has 0 heterocycles. The molecule has 0 radical (unpaired) electrons. The highest BCUT2D eigenvalue weighted by atomic mass is 79.9. The van der Waals surface area contributed by atoms with E-state index in [-0.39, 0.29) is 11.4 Å². The van der Waals surface area contributed by atoms with Gasteiger partial charge in [-0.1, -0.05) is 15.9 Å². The van der Waals surface area contributed by atoms with Gasteiger partial charge in [-0.15, -0.1) is 0 Å². The SMILES string of the molecule is Fc1ccc(Br)c(OC2(CBr)CC2)c1. The van der Waals surface area contributed by atoms with Crippen LogP contribution in [0.5, 0.6) is 5.75 Å². The van der Waals surface area contributed by atoms with E-state index in [1.807, 2.05) is 0 Å². The van der Waals surface area contributed by atoms with Gasteiger partial charge in [0, 0.05) is 11.4 Å². The standard InChI is InChI=1S/C10H9Br2FO/c11-6-10(3-4-10)14-9-5-7(13)1-2-8(9)12/h1-2,5H,3-4,6H2. The lowest BCUT2D eigenvalue weighted by molar-refractivity contribution is 0.204. The summed E-state index contributed by atoms with van der Waals surface area (Å²) in [6.45, 7) is 0. The van der Waals surface area contributed by atoms with Crippen molar-refractivity contribution in [1.29, 1.82) is 0 Å². The fraction of sp³-hybridized carbons (Fsp3) is 0.400. The van der Waals surface area contributed by atoms with Crippen LogP contribution in [0.4, 0.5) is 4.39 Å². The van der Waals surface area contributed by atoms with Crippen LogP contribution in [0.25, 0.3) is 0 Å². The average Bonchev–Trinajstić information content (AvgIpc) is 2.92. The minimum atomic E-state index is -0.270. The van der Waals surface area contributed by atoms with E-state index in [0.717, 1.165) is 22.6 Å². The van der Waals surface area contributed by atoms with Crippen LogP contribution in [0.3, 0.4) is 0 Å². The first kappa shape index (κ1) is 10.4. The van der Waals surface area contributed by atoms with Gasteiger partial charge >= 0.3 is 0 Å². The summed E-state index contributed by atoms with van der Waals surface area (Å²) >= 11 is 6.73. The third-order valence-electron chi connectivity index (χ3n) is 2.27. The maximum absolute atomic E-state index is 12.9. The van der Waals surface area contributed by atoms with Gasteiger partial charge in [0.05, 0.1) is 4.47 Å². The monoisotopic (exact) mass is 322 g/mol. The lowest BCUT2D eigenvalue weighted by atomic mass is 10.3. The molecule has 0 unspecified atom stereocenters. The molecule has 0 aromatic heterocycles. The smallest absolute Gasteiger partial charge is 0.137 e. The maximum atomic E-state index is 12.9. The quantitative estimate of drug-likeness (QED) is 0.767. The molecule has 1 nitrogen and oxygen atoms in total. The van der Waals surface area contributed by atoms with Gasteiger partial charge in [-0.3, -0.25) is 0 Å². The summed E-state index contributed by atoms with van der Waals surface area (Å²) in [5.41, 5.74) is -0.101. The molecule has 0 atom stereocenters.